The fraction of sp³-hybridized carbons (Fsp3) is 0.545. The number of ether oxygens (including phenoxy) is 1. The van der Waals surface area contributed by atoms with E-state index in [-0.39, 0.29) is 18.4 Å². The zero-order valence-corrected chi connectivity index (χ0v) is 25.1. The second-order valence-corrected chi connectivity index (χ2v) is 12.1. The molecule has 0 radical (unpaired) electrons. The average Bonchev–Trinajstić information content (AvgIpc) is 3.46. The number of rotatable bonds is 7. The van der Waals surface area contributed by atoms with Gasteiger partial charge in [-0.25, -0.2) is 4.98 Å². The van der Waals surface area contributed by atoms with E-state index in [0.717, 1.165) is 62.1 Å². The van der Waals surface area contributed by atoms with E-state index in [9.17, 15) is 15.3 Å². The number of likely N-dealkylation sites (tertiary alicyclic amines) is 1. The number of pyridine rings is 2. The van der Waals surface area contributed by atoms with E-state index in [1.165, 1.54) is 35.7 Å². The maximum Gasteiger partial charge on any atom is 0.246 e. The van der Waals surface area contributed by atoms with E-state index in [2.05, 4.69) is 45.4 Å². The van der Waals surface area contributed by atoms with Crippen LogP contribution in [0.3, 0.4) is 0 Å². The second-order valence-electron chi connectivity index (χ2n) is 12.1. The number of aryl methyl sites for hydroxylation is 1. The molecule has 0 spiro atoms. The Balaban J connectivity index is 1.38. The van der Waals surface area contributed by atoms with Gasteiger partial charge >= 0.3 is 0 Å². The highest BCUT2D eigenvalue weighted by Gasteiger charge is 2.35. The number of amides is 1. The number of aromatic nitrogens is 2. The number of fused-ring (bicyclic) bond motifs is 2. The van der Waals surface area contributed by atoms with Gasteiger partial charge in [-0.1, -0.05) is 6.58 Å². The van der Waals surface area contributed by atoms with Crippen molar-refractivity contribution in [3.05, 3.63) is 53.0 Å². The third-order valence-corrected chi connectivity index (χ3v) is 9.66. The maximum atomic E-state index is 12.6. The molecule has 0 unspecified atom stereocenters. The van der Waals surface area contributed by atoms with E-state index in [0.29, 0.717) is 50.3 Å². The Morgan fingerprint density at radius 2 is 1.93 bits per heavy atom. The van der Waals surface area contributed by atoms with Gasteiger partial charge in [0, 0.05) is 44.0 Å². The van der Waals surface area contributed by atoms with E-state index in [1.807, 2.05) is 12.4 Å². The first-order chi connectivity index (χ1) is 21.0. The average molecular weight is 581 g/mol. The predicted octanol–water partition coefficient (Wildman–Crippen LogP) is 3.38. The summed E-state index contributed by atoms with van der Waals surface area (Å²) in [6, 6.07) is 4.69. The molecule has 2 fully saturated rings. The molecule has 43 heavy (non-hydrogen) atoms. The van der Waals surface area contributed by atoms with Crippen molar-refractivity contribution in [1.82, 2.24) is 19.8 Å². The summed E-state index contributed by atoms with van der Waals surface area (Å²) in [6.07, 6.45) is 13.0. The van der Waals surface area contributed by atoms with Gasteiger partial charge in [-0.15, -0.1) is 0 Å². The number of likely N-dealkylation sites (N-methyl/N-ethyl adjacent to an activating group) is 1. The molecule has 224 valence electrons. The number of carbonyl (C=O) groups is 1. The number of piperazine rings is 1. The first kappa shape index (κ1) is 28.9. The molecule has 6 rings (SSSR count). The summed E-state index contributed by atoms with van der Waals surface area (Å²) >= 11 is 0. The topological polar surface area (TPSA) is 113 Å². The Hall–Kier alpha value is -4.15. The lowest BCUT2D eigenvalue weighted by Gasteiger charge is -2.43. The molecule has 0 saturated carbocycles. The van der Waals surface area contributed by atoms with E-state index < -0.39 is 0 Å². The van der Waals surface area contributed by atoms with Gasteiger partial charge < -0.3 is 24.3 Å². The van der Waals surface area contributed by atoms with E-state index >= 15 is 0 Å². The SMILES string of the molecule is C=CC(=O)N1CCN(c2c(C#N)c(OC[C@@H]3CCCN3C)nc3c2CCN(c2cncc4c2CCCC4)C3)C[C@@H]1CC#N. The molecule has 10 heteroatoms. The fourth-order valence-corrected chi connectivity index (χ4v) is 7.32. The lowest BCUT2D eigenvalue weighted by molar-refractivity contribution is -0.128. The predicted molar refractivity (Wildman–Crippen MR) is 164 cm³/mol. The molecular weight excluding hydrogens is 540 g/mol. The third kappa shape index (κ3) is 5.64. The smallest absolute Gasteiger partial charge is 0.246 e. The standard InChI is InChI=1S/C33H40N8O2/c1-3-31(42)41-16-15-40(20-24(41)10-12-34)32-27-11-14-39(30-19-36-18-23-7-4-5-9-26(23)30)21-29(27)37-33(28(32)17-35)43-22-25-8-6-13-38(25)2/h3,18-19,24-25H,1,4-11,13-16,20-22H2,2H3/t24-,25-/m0/s1. The van der Waals surface area contributed by atoms with E-state index in [1.54, 1.807) is 4.90 Å². The Bertz CT molecular complexity index is 1480. The Kier molecular flexibility index (Phi) is 8.49. The van der Waals surface area contributed by atoms with Crippen LogP contribution in [0.25, 0.3) is 0 Å². The van der Waals surface area contributed by atoms with Gasteiger partial charge in [0.1, 0.15) is 18.2 Å². The van der Waals surface area contributed by atoms with Gasteiger partial charge in [-0.2, -0.15) is 10.5 Å². The molecule has 0 N–H and O–H groups in total. The molecule has 3 aliphatic heterocycles. The van der Waals surface area contributed by atoms with Crippen molar-refractivity contribution in [1.29, 1.82) is 10.5 Å². The van der Waals surface area contributed by atoms with Crippen LogP contribution in [0.4, 0.5) is 11.4 Å². The van der Waals surface area contributed by atoms with Crippen molar-refractivity contribution < 1.29 is 9.53 Å². The zero-order chi connectivity index (χ0) is 29.9. The largest absolute Gasteiger partial charge is 0.475 e. The highest BCUT2D eigenvalue weighted by atomic mass is 16.5. The van der Waals surface area contributed by atoms with Gasteiger partial charge in [0.2, 0.25) is 11.8 Å². The van der Waals surface area contributed by atoms with Crippen molar-refractivity contribution in [2.75, 3.05) is 56.2 Å². The van der Waals surface area contributed by atoms with Crippen molar-refractivity contribution >= 4 is 17.3 Å². The number of hydrogen-bond donors (Lipinski definition) is 0. The molecule has 0 aromatic carbocycles. The van der Waals surface area contributed by atoms with Crippen LogP contribution in [0.5, 0.6) is 5.88 Å². The van der Waals surface area contributed by atoms with Crippen LogP contribution in [-0.4, -0.2) is 84.1 Å². The van der Waals surface area contributed by atoms with Gasteiger partial charge in [-0.05, 0) is 75.7 Å². The molecule has 4 aliphatic rings. The summed E-state index contributed by atoms with van der Waals surface area (Å²) in [5, 5.41) is 20.1. The first-order valence-corrected chi connectivity index (χ1v) is 15.6. The molecule has 2 saturated heterocycles. The summed E-state index contributed by atoms with van der Waals surface area (Å²) in [5.41, 5.74) is 7.23. The third-order valence-electron chi connectivity index (χ3n) is 9.66. The highest BCUT2D eigenvalue weighted by molar-refractivity contribution is 5.87. The first-order valence-electron chi connectivity index (χ1n) is 15.6. The summed E-state index contributed by atoms with van der Waals surface area (Å²) in [4.78, 5) is 30.8. The molecule has 0 bridgehead atoms. The summed E-state index contributed by atoms with van der Waals surface area (Å²) in [6.45, 7) is 8.06. The molecule has 5 heterocycles. The van der Waals surface area contributed by atoms with Gasteiger partial charge in [-0.3, -0.25) is 9.78 Å². The highest BCUT2D eigenvalue weighted by Crippen LogP contribution is 2.40. The van der Waals surface area contributed by atoms with Crippen molar-refractivity contribution in [2.24, 2.45) is 0 Å². The van der Waals surface area contributed by atoms with Crippen LogP contribution in [0.2, 0.25) is 0 Å². The molecule has 2 aromatic heterocycles. The fourth-order valence-electron chi connectivity index (χ4n) is 7.32. The van der Waals surface area contributed by atoms with Crippen molar-refractivity contribution in [3.8, 4) is 18.0 Å². The lowest BCUT2D eigenvalue weighted by Crippen LogP contribution is -2.55. The minimum Gasteiger partial charge on any atom is -0.475 e. The number of anilines is 2. The monoisotopic (exact) mass is 580 g/mol. The summed E-state index contributed by atoms with van der Waals surface area (Å²) < 4.78 is 6.40. The maximum absolute atomic E-state index is 12.6. The van der Waals surface area contributed by atoms with Crippen LogP contribution in [0.1, 0.15) is 60.1 Å². The summed E-state index contributed by atoms with van der Waals surface area (Å²) in [7, 11) is 2.11. The van der Waals surface area contributed by atoms with Crippen LogP contribution < -0.4 is 14.5 Å². The van der Waals surface area contributed by atoms with Crippen molar-refractivity contribution in [2.45, 2.75) is 70.0 Å². The molecule has 1 amide bonds. The zero-order valence-electron chi connectivity index (χ0n) is 25.1. The number of nitrogens with zero attached hydrogens (tertiary/aromatic N) is 8. The van der Waals surface area contributed by atoms with Crippen LogP contribution in [0, 0.1) is 22.7 Å². The Labute approximate surface area is 254 Å². The minimum atomic E-state index is -0.293. The quantitative estimate of drug-likeness (QED) is 0.455. The number of nitriles is 2. The Morgan fingerprint density at radius 3 is 2.70 bits per heavy atom. The van der Waals surface area contributed by atoms with Crippen molar-refractivity contribution in [3.63, 3.8) is 0 Å². The number of carbonyl (C=O) groups excluding carboxylic acids is 1. The minimum absolute atomic E-state index is 0.169. The Morgan fingerprint density at radius 1 is 1.07 bits per heavy atom. The molecule has 1 aliphatic carbocycles. The number of hydrogen-bond acceptors (Lipinski definition) is 9. The second kappa shape index (κ2) is 12.6. The summed E-state index contributed by atoms with van der Waals surface area (Å²) in [5.74, 6) is 0.213. The van der Waals surface area contributed by atoms with Gasteiger partial charge in [0.05, 0.1) is 48.3 Å². The molecule has 2 aromatic rings. The van der Waals surface area contributed by atoms with E-state index in [4.69, 9.17) is 9.72 Å². The lowest BCUT2D eigenvalue weighted by atomic mass is 9.91. The van der Waals surface area contributed by atoms with Gasteiger partial charge in [0.25, 0.3) is 0 Å². The van der Waals surface area contributed by atoms with Crippen LogP contribution in [-0.2, 0) is 30.6 Å². The molecular formula is C33H40N8O2. The normalized spacial score (nSPS) is 21.9. The van der Waals surface area contributed by atoms with Gasteiger partial charge in [0.15, 0.2) is 0 Å². The van der Waals surface area contributed by atoms with Crippen LogP contribution in [0.15, 0.2) is 25.0 Å². The molecule has 10 nitrogen and oxygen atoms in total. The molecule has 2 atom stereocenters. The van der Waals surface area contributed by atoms with Crippen LogP contribution >= 0.6 is 0 Å².